The van der Waals surface area contributed by atoms with Crippen LogP contribution in [0, 0.1) is 0 Å². The number of aliphatic hydroxyl groups excluding tert-OH is 1. The topological polar surface area (TPSA) is 48.4 Å². The van der Waals surface area contributed by atoms with Crippen LogP contribution in [0.2, 0.25) is 0 Å². The molecule has 0 amide bonds. The van der Waals surface area contributed by atoms with Gasteiger partial charge >= 0.3 is 0 Å². The van der Waals surface area contributed by atoms with E-state index in [0.717, 1.165) is 61.0 Å². The van der Waals surface area contributed by atoms with Gasteiger partial charge in [0.15, 0.2) is 5.13 Å². The summed E-state index contributed by atoms with van der Waals surface area (Å²) in [5.41, 5.74) is 4.51. The minimum Gasteiger partial charge on any atom is -0.392 e. The van der Waals surface area contributed by atoms with Crippen LogP contribution in [0.15, 0.2) is 72.1 Å². The van der Waals surface area contributed by atoms with Gasteiger partial charge in [0, 0.05) is 29.7 Å². The van der Waals surface area contributed by atoms with Crippen molar-refractivity contribution >= 4 is 32.9 Å². The first kappa shape index (κ1) is 20.2. The standard InChI is InChI=1S/C26H27N3OS/c30-24-6-3-14-29(17-24)15-13-19-7-11-23(12-8-19)27-26-28-25(18-31-26)22-10-9-20-4-1-2-5-21(20)16-22/h1-2,4-5,7-12,16,18,24,30H,3,6,13-15,17H2,(H,27,28). The molecule has 1 aliphatic rings. The van der Waals surface area contributed by atoms with E-state index < -0.39 is 0 Å². The number of likely N-dealkylation sites (tertiary alicyclic amines) is 1. The Labute approximate surface area is 187 Å². The summed E-state index contributed by atoms with van der Waals surface area (Å²) in [5.74, 6) is 0. The van der Waals surface area contributed by atoms with Crippen LogP contribution < -0.4 is 5.32 Å². The largest absolute Gasteiger partial charge is 0.392 e. The third-order valence-electron chi connectivity index (χ3n) is 5.95. The summed E-state index contributed by atoms with van der Waals surface area (Å²) >= 11 is 1.63. The number of hydrogen-bond acceptors (Lipinski definition) is 5. The Morgan fingerprint density at radius 1 is 1.03 bits per heavy atom. The minimum absolute atomic E-state index is 0.155. The molecule has 5 rings (SSSR count). The van der Waals surface area contributed by atoms with Gasteiger partial charge in [-0.2, -0.15) is 0 Å². The molecule has 4 nitrogen and oxygen atoms in total. The summed E-state index contributed by atoms with van der Waals surface area (Å²) in [6, 6.07) is 23.5. The number of hydrogen-bond donors (Lipinski definition) is 2. The molecule has 1 atom stereocenters. The second-order valence-corrected chi connectivity index (χ2v) is 9.13. The van der Waals surface area contributed by atoms with Crippen molar-refractivity contribution in [1.29, 1.82) is 0 Å². The highest BCUT2D eigenvalue weighted by molar-refractivity contribution is 7.14. The van der Waals surface area contributed by atoms with Crippen LogP contribution in [-0.2, 0) is 6.42 Å². The highest BCUT2D eigenvalue weighted by atomic mass is 32.1. The number of nitrogens with zero attached hydrogens (tertiary/aromatic N) is 2. The van der Waals surface area contributed by atoms with Gasteiger partial charge in [-0.15, -0.1) is 11.3 Å². The summed E-state index contributed by atoms with van der Waals surface area (Å²) in [5, 5.41) is 18.7. The Kier molecular flexibility index (Phi) is 5.98. The van der Waals surface area contributed by atoms with Crippen molar-refractivity contribution in [3.05, 3.63) is 77.7 Å². The number of anilines is 2. The molecule has 3 aromatic carbocycles. The fourth-order valence-electron chi connectivity index (χ4n) is 4.21. The van der Waals surface area contributed by atoms with Crippen LogP contribution in [0.3, 0.4) is 0 Å². The van der Waals surface area contributed by atoms with E-state index in [4.69, 9.17) is 4.98 Å². The molecule has 0 saturated carbocycles. The van der Waals surface area contributed by atoms with E-state index in [-0.39, 0.29) is 6.10 Å². The third-order valence-corrected chi connectivity index (χ3v) is 6.71. The number of piperidine rings is 1. The molecular formula is C26H27N3OS. The van der Waals surface area contributed by atoms with Gasteiger partial charge in [0.05, 0.1) is 11.8 Å². The number of aliphatic hydroxyl groups is 1. The third kappa shape index (κ3) is 4.96. The quantitative estimate of drug-likeness (QED) is 0.412. The number of aromatic nitrogens is 1. The van der Waals surface area contributed by atoms with E-state index in [1.54, 1.807) is 11.3 Å². The van der Waals surface area contributed by atoms with Gasteiger partial charge < -0.3 is 15.3 Å². The highest BCUT2D eigenvalue weighted by Gasteiger charge is 2.17. The van der Waals surface area contributed by atoms with Crippen molar-refractivity contribution < 1.29 is 5.11 Å². The van der Waals surface area contributed by atoms with Gasteiger partial charge in [0.25, 0.3) is 0 Å². The smallest absolute Gasteiger partial charge is 0.187 e. The zero-order valence-corrected chi connectivity index (χ0v) is 18.3. The maximum Gasteiger partial charge on any atom is 0.187 e. The van der Waals surface area contributed by atoms with Crippen molar-refractivity contribution in [3.63, 3.8) is 0 Å². The van der Waals surface area contributed by atoms with E-state index >= 15 is 0 Å². The number of benzene rings is 3. The second kappa shape index (κ2) is 9.18. The molecule has 0 bridgehead atoms. The van der Waals surface area contributed by atoms with Gasteiger partial charge in [-0.25, -0.2) is 4.98 Å². The molecule has 158 valence electrons. The van der Waals surface area contributed by atoms with Gasteiger partial charge in [-0.3, -0.25) is 0 Å². The van der Waals surface area contributed by atoms with Crippen LogP contribution in [0.5, 0.6) is 0 Å². The first-order chi connectivity index (χ1) is 15.2. The number of nitrogens with one attached hydrogen (secondary N) is 1. The van der Waals surface area contributed by atoms with E-state index in [9.17, 15) is 5.11 Å². The number of β-amino-alcohol motifs (C(OH)–C–C–N with tert-alkyl or cyclic N) is 1. The Balaban J connectivity index is 1.21. The molecule has 2 heterocycles. The SMILES string of the molecule is OC1CCCN(CCc2ccc(Nc3nc(-c4ccc5ccccc5c4)cs3)cc2)C1. The monoisotopic (exact) mass is 429 g/mol. The predicted molar refractivity (Wildman–Crippen MR) is 130 cm³/mol. The van der Waals surface area contributed by atoms with Crippen molar-refractivity contribution in [1.82, 2.24) is 9.88 Å². The van der Waals surface area contributed by atoms with E-state index in [1.165, 1.54) is 16.3 Å². The van der Waals surface area contributed by atoms with Crippen molar-refractivity contribution in [2.24, 2.45) is 0 Å². The van der Waals surface area contributed by atoms with E-state index in [1.807, 2.05) is 0 Å². The summed E-state index contributed by atoms with van der Waals surface area (Å²) in [6.07, 6.45) is 2.89. The van der Waals surface area contributed by atoms with Crippen molar-refractivity contribution in [2.45, 2.75) is 25.4 Å². The summed E-state index contributed by atoms with van der Waals surface area (Å²) in [6.45, 7) is 2.91. The van der Waals surface area contributed by atoms with Gasteiger partial charge in [-0.05, 0) is 60.3 Å². The molecule has 4 aromatic rings. The average molecular weight is 430 g/mol. The fourth-order valence-corrected chi connectivity index (χ4v) is 4.95. The molecule has 1 fully saturated rings. The molecule has 0 spiro atoms. The lowest BCUT2D eigenvalue weighted by atomic mass is 10.1. The van der Waals surface area contributed by atoms with Crippen LogP contribution in [0.25, 0.3) is 22.0 Å². The lowest BCUT2D eigenvalue weighted by molar-refractivity contribution is 0.0714. The van der Waals surface area contributed by atoms with Gasteiger partial charge in [-0.1, -0.05) is 48.5 Å². The maximum atomic E-state index is 9.82. The molecule has 0 aliphatic carbocycles. The Bertz CT molecular complexity index is 1150. The zero-order valence-electron chi connectivity index (χ0n) is 17.5. The van der Waals surface area contributed by atoms with Crippen LogP contribution in [0.1, 0.15) is 18.4 Å². The Morgan fingerprint density at radius 3 is 2.71 bits per heavy atom. The Hall–Kier alpha value is -2.73. The molecule has 2 N–H and O–H groups in total. The first-order valence-electron chi connectivity index (χ1n) is 10.9. The van der Waals surface area contributed by atoms with Crippen LogP contribution in [0.4, 0.5) is 10.8 Å². The average Bonchev–Trinajstić information content (AvgIpc) is 3.27. The molecular weight excluding hydrogens is 402 g/mol. The normalized spacial score (nSPS) is 17.1. The molecule has 1 aliphatic heterocycles. The number of rotatable bonds is 6. The predicted octanol–water partition coefficient (Wildman–Crippen LogP) is 5.71. The van der Waals surface area contributed by atoms with Crippen molar-refractivity contribution in [3.8, 4) is 11.3 Å². The lowest BCUT2D eigenvalue weighted by Crippen LogP contribution is -2.39. The Morgan fingerprint density at radius 2 is 1.87 bits per heavy atom. The lowest BCUT2D eigenvalue weighted by Gasteiger charge is -2.29. The highest BCUT2D eigenvalue weighted by Crippen LogP contribution is 2.29. The zero-order chi connectivity index (χ0) is 21.0. The molecule has 1 saturated heterocycles. The second-order valence-electron chi connectivity index (χ2n) is 8.27. The van der Waals surface area contributed by atoms with E-state index in [0.29, 0.717) is 0 Å². The van der Waals surface area contributed by atoms with Gasteiger partial charge in [0.2, 0.25) is 0 Å². The number of fused-ring (bicyclic) bond motifs is 1. The molecule has 5 heteroatoms. The first-order valence-corrected chi connectivity index (χ1v) is 11.8. The van der Waals surface area contributed by atoms with Crippen LogP contribution >= 0.6 is 11.3 Å². The molecule has 1 unspecified atom stereocenters. The minimum atomic E-state index is -0.155. The number of thiazole rings is 1. The maximum absolute atomic E-state index is 9.82. The van der Waals surface area contributed by atoms with E-state index in [2.05, 4.69) is 82.3 Å². The summed E-state index contributed by atoms with van der Waals surface area (Å²) in [7, 11) is 0. The summed E-state index contributed by atoms with van der Waals surface area (Å²) in [4.78, 5) is 7.15. The fraction of sp³-hybridized carbons (Fsp3) is 0.269. The molecule has 0 radical (unpaired) electrons. The molecule has 31 heavy (non-hydrogen) atoms. The molecule has 1 aromatic heterocycles. The summed E-state index contributed by atoms with van der Waals surface area (Å²) < 4.78 is 0. The van der Waals surface area contributed by atoms with Crippen molar-refractivity contribution in [2.75, 3.05) is 25.0 Å². The van der Waals surface area contributed by atoms with Gasteiger partial charge in [0.1, 0.15) is 0 Å². The van der Waals surface area contributed by atoms with Crippen LogP contribution in [-0.4, -0.2) is 40.7 Å².